The zero-order valence-corrected chi connectivity index (χ0v) is 17.2. The van der Waals surface area contributed by atoms with Crippen molar-refractivity contribution in [1.29, 1.82) is 0 Å². The van der Waals surface area contributed by atoms with E-state index in [0.717, 1.165) is 25.7 Å². The number of rotatable bonds is 20. The molecule has 0 atom stereocenters. The van der Waals surface area contributed by atoms with Crippen LogP contribution in [0.3, 0.4) is 0 Å². The fourth-order valence-corrected chi connectivity index (χ4v) is 2.99. The van der Waals surface area contributed by atoms with E-state index >= 15 is 0 Å². The van der Waals surface area contributed by atoms with Crippen molar-refractivity contribution in [3.8, 4) is 0 Å². The van der Waals surface area contributed by atoms with Crippen LogP contribution in [0.4, 0.5) is 0 Å². The van der Waals surface area contributed by atoms with Gasteiger partial charge in [-0.2, -0.15) is 4.89 Å². The Morgan fingerprint density at radius 3 is 1.40 bits per heavy atom. The quantitative estimate of drug-likeness (QED) is 0.128. The zero-order chi connectivity index (χ0) is 18.4. The van der Waals surface area contributed by atoms with Gasteiger partial charge in [0.1, 0.15) is 0 Å². The Bertz CT molecular complexity index is 266. The maximum absolute atomic E-state index is 11.4. The summed E-state index contributed by atoms with van der Waals surface area (Å²) < 4.78 is 0. The van der Waals surface area contributed by atoms with Crippen molar-refractivity contribution in [3.05, 3.63) is 0 Å². The predicted molar refractivity (Wildman–Crippen MR) is 106 cm³/mol. The Balaban J connectivity index is 3.08. The summed E-state index contributed by atoms with van der Waals surface area (Å²) in [5.74, 6) is -0.217. The number of hydrogen-bond donors (Lipinski definition) is 0. The molecule has 0 aliphatic heterocycles. The summed E-state index contributed by atoms with van der Waals surface area (Å²) in [7, 11) is 0. The van der Waals surface area contributed by atoms with Gasteiger partial charge in [-0.05, 0) is 12.8 Å². The van der Waals surface area contributed by atoms with Crippen LogP contribution in [0, 0.1) is 0 Å². The zero-order valence-electron chi connectivity index (χ0n) is 17.2. The molecule has 0 unspecified atom stereocenters. The molecule has 0 rings (SSSR count). The Labute approximate surface area is 157 Å². The average Bonchev–Trinajstić information content (AvgIpc) is 2.62. The molecular formula is C22H44O3. The minimum Gasteiger partial charge on any atom is -0.298 e. The highest BCUT2D eigenvalue weighted by Crippen LogP contribution is 2.13. The first kappa shape index (κ1) is 24.4. The van der Waals surface area contributed by atoms with Gasteiger partial charge in [-0.1, -0.05) is 110 Å². The smallest absolute Gasteiger partial charge is 0.298 e. The molecule has 0 aromatic heterocycles. The molecule has 0 bridgehead atoms. The van der Waals surface area contributed by atoms with Crippen LogP contribution in [0.15, 0.2) is 0 Å². The number of carbonyl (C=O) groups excluding carboxylic acids is 1. The molecular weight excluding hydrogens is 312 g/mol. The van der Waals surface area contributed by atoms with Crippen molar-refractivity contribution in [2.24, 2.45) is 0 Å². The third-order valence-electron chi connectivity index (χ3n) is 4.72. The average molecular weight is 357 g/mol. The molecule has 0 radical (unpaired) electrons. The van der Waals surface area contributed by atoms with Crippen LogP contribution in [0.25, 0.3) is 0 Å². The molecule has 0 amide bonds. The van der Waals surface area contributed by atoms with Gasteiger partial charge in [0.15, 0.2) is 0 Å². The Morgan fingerprint density at radius 1 is 0.560 bits per heavy atom. The van der Waals surface area contributed by atoms with Gasteiger partial charge in [0.05, 0.1) is 6.61 Å². The van der Waals surface area contributed by atoms with E-state index in [9.17, 15) is 4.79 Å². The predicted octanol–water partition coefficient (Wildman–Crippen LogP) is 7.52. The second kappa shape index (κ2) is 21.5. The van der Waals surface area contributed by atoms with Gasteiger partial charge in [0.25, 0.3) is 0 Å². The van der Waals surface area contributed by atoms with Crippen LogP contribution in [-0.4, -0.2) is 12.6 Å². The summed E-state index contributed by atoms with van der Waals surface area (Å²) in [6.07, 6.45) is 22.5. The van der Waals surface area contributed by atoms with Crippen molar-refractivity contribution in [3.63, 3.8) is 0 Å². The van der Waals surface area contributed by atoms with Gasteiger partial charge < -0.3 is 0 Å². The van der Waals surface area contributed by atoms with Crippen molar-refractivity contribution >= 4 is 5.97 Å². The molecule has 0 aliphatic carbocycles. The Morgan fingerprint density at radius 2 is 0.960 bits per heavy atom. The molecule has 0 saturated carbocycles. The molecule has 0 spiro atoms. The van der Waals surface area contributed by atoms with Gasteiger partial charge >= 0.3 is 5.97 Å². The van der Waals surface area contributed by atoms with Gasteiger partial charge in [0, 0.05) is 6.42 Å². The fraction of sp³-hybridized carbons (Fsp3) is 0.955. The molecule has 150 valence electrons. The SMILES string of the molecule is CCCCCCCCCCCCCCCCCC(=O)OOCCCC. The summed E-state index contributed by atoms with van der Waals surface area (Å²) >= 11 is 0. The molecule has 0 saturated heterocycles. The largest absolute Gasteiger partial charge is 0.342 e. The van der Waals surface area contributed by atoms with E-state index in [-0.39, 0.29) is 5.97 Å². The van der Waals surface area contributed by atoms with Gasteiger partial charge in [-0.25, -0.2) is 4.79 Å². The molecule has 0 N–H and O–H groups in total. The third kappa shape index (κ3) is 21.4. The molecule has 3 nitrogen and oxygen atoms in total. The minimum absolute atomic E-state index is 0.217. The third-order valence-corrected chi connectivity index (χ3v) is 4.72. The molecule has 0 fully saturated rings. The number of carbonyl (C=O) groups is 1. The van der Waals surface area contributed by atoms with E-state index in [1.165, 1.54) is 83.5 Å². The first-order valence-electron chi connectivity index (χ1n) is 11.1. The maximum Gasteiger partial charge on any atom is 0.342 e. The van der Waals surface area contributed by atoms with E-state index in [1.54, 1.807) is 0 Å². The van der Waals surface area contributed by atoms with Gasteiger partial charge in [-0.3, -0.25) is 4.89 Å². The van der Waals surface area contributed by atoms with Crippen LogP contribution in [-0.2, 0) is 14.6 Å². The lowest BCUT2D eigenvalue weighted by Crippen LogP contribution is -2.06. The molecule has 0 aromatic rings. The van der Waals surface area contributed by atoms with E-state index in [4.69, 9.17) is 9.78 Å². The van der Waals surface area contributed by atoms with Crippen LogP contribution < -0.4 is 0 Å². The highest BCUT2D eigenvalue weighted by Gasteiger charge is 2.03. The normalized spacial score (nSPS) is 11.0. The monoisotopic (exact) mass is 356 g/mol. The van der Waals surface area contributed by atoms with Crippen LogP contribution in [0.5, 0.6) is 0 Å². The molecule has 0 heterocycles. The summed E-state index contributed by atoms with van der Waals surface area (Å²) in [5.41, 5.74) is 0. The van der Waals surface area contributed by atoms with Crippen molar-refractivity contribution < 1.29 is 14.6 Å². The van der Waals surface area contributed by atoms with Crippen LogP contribution in [0.2, 0.25) is 0 Å². The van der Waals surface area contributed by atoms with Gasteiger partial charge in [0.2, 0.25) is 0 Å². The summed E-state index contributed by atoms with van der Waals surface area (Å²) in [5, 5.41) is 0. The molecule has 25 heavy (non-hydrogen) atoms. The molecule has 3 heteroatoms. The lowest BCUT2D eigenvalue weighted by molar-refractivity contribution is -0.272. The van der Waals surface area contributed by atoms with Crippen molar-refractivity contribution in [2.75, 3.05) is 6.61 Å². The topological polar surface area (TPSA) is 35.5 Å². The van der Waals surface area contributed by atoms with E-state index in [0.29, 0.717) is 13.0 Å². The van der Waals surface area contributed by atoms with Crippen LogP contribution in [0.1, 0.15) is 129 Å². The summed E-state index contributed by atoms with van der Waals surface area (Å²) in [6, 6.07) is 0. The highest BCUT2D eigenvalue weighted by molar-refractivity contribution is 5.68. The molecule has 0 aliphatic rings. The lowest BCUT2D eigenvalue weighted by atomic mass is 10.0. The Kier molecular flexibility index (Phi) is 21.0. The highest BCUT2D eigenvalue weighted by atomic mass is 17.2. The van der Waals surface area contributed by atoms with Crippen molar-refractivity contribution in [1.82, 2.24) is 0 Å². The fourth-order valence-electron chi connectivity index (χ4n) is 2.99. The lowest BCUT2D eigenvalue weighted by Gasteiger charge is -2.04. The van der Waals surface area contributed by atoms with E-state index < -0.39 is 0 Å². The van der Waals surface area contributed by atoms with Crippen LogP contribution >= 0.6 is 0 Å². The number of hydrogen-bond acceptors (Lipinski definition) is 3. The van der Waals surface area contributed by atoms with Gasteiger partial charge in [-0.15, -0.1) is 0 Å². The van der Waals surface area contributed by atoms with E-state index in [2.05, 4.69) is 13.8 Å². The second-order valence-electron chi connectivity index (χ2n) is 7.33. The summed E-state index contributed by atoms with van der Waals surface area (Å²) in [4.78, 5) is 21.0. The maximum atomic E-state index is 11.4. The van der Waals surface area contributed by atoms with Crippen molar-refractivity contribution in [2.45, 2.75) is 129 Å². The molecule has 0 aromatic carbocycles. The standard InChI is InChI=1S/C22H44O3/c1-3-5-7-8-9-10-11-12-13-14-15-16-17-18-19-20-22(23)25-24-21-6-4-2/h3-21H2,1-2H3. The van der Waals surface area contributed by atoms with E-state index in [1.807, 2.05) is 0 Å². The minimum atomic E-state index is -0.217. The summed E-state index contributed by atoms with van der Waals surface area (Å²) in [6.45, 7) is 4.88. The Hall–Kier alpha value is -0.570. The second-order valence-corrected chi connectivity index (χ2v) is 7.33. The first-order valence-corrected chi connectivity index (χ1v) is 11.1. The number of unbranched alkanes of at least 4 members (excludes halogenated alkanes) is 15. The first-order chi connectivity index (χ1) is 12.3.